The lowest BCUT2D eigenvalue weighted by Crippen LogP contribution is -2.45. The highest BCUT2D eigenvalue weighted by molar-refractivity contribution is 6.35. The molecule has 0 saturated carbocycles. The number of hydrogen-bond acceptors (Lipinski definition) is 3. The van der Waals surface area contributed by atoms with Crippen molar-refractivity contribution >= 4 is 11.8 Å². The van der Waals surface area contributed by atoms with Crippen molar-refractivity contribution in [1.82, 2.24) is 15.5 Å². The van der Waals surface area contributed by atoms with Gasteiger partial charge < -0.3 is 10.6 Å². The molecule has 2 rings (SSSR count). The third-order valence-electron chi connectivity index (χ3n) is 4.15. The monoisotopic (exact) mass is 303 g/mol. The Labute approximate surface area is 132 Å². The van der Waals surface area contributed by atoms with Crippen molar-refractivity contribution in [2.24, 2.45) is 0 Å². The number of aryl methyl sites for hydroxylation is 1. The summed E-state index contributed by atoms with van der Waals surface area (Å²) in [7, 11) is 0. The Hall–Kier alpha value is -1.88. The molecule has 5 nitrogen and oxygen atoms in total. The minimum absolute atomic E-state index is 0.360. The third-order valence-corrected chi connectivity index (χ3v) is 4.15. The van der Waals surface area contributed by atoms with E-state index in [-0.39, 0.29) is 0 Å². The van der Waals surface area contributed by atoms with Gasteiger partial charge in [-0.3, -0.25) is 14.5 Å². The highest BCUT2D eigenvalue weighted by Crippen LogP contribution is 2.15. The number of benzene rings is 1. The minimum atomic E-state index is -0.567. The minimum Gasteiger partial charge on any atom is -0.346 e. The number of amides is 2. The molecule has 0 bridgehead atoms. The van der Waals surface area contributed by atoms with Crippen LogP contribution in [-0.2, 0) is 16.1 Å². The van der Waals surface area contributed by atoms with Gasteiger partial charge in [0, 0.05) is 19.1 Å². The second kappa shape index (κ2) is 7.94. The van der Waals surface area contributed by atoms with E-state index >= 15 is 0 Å². The van der Waals surface area contributed by atoms with E-state index in [0.29, 0.717) is 19.1 Å². The van der Waals surface area contributed by atoms with Crippen molar-refractivity contribution in [3.05, 3.63) is 35.4 Å². The summed E-state index contributed by atoms with van der Waals surface area (Å²) in [4.78, 5) is 26.0. The summed E-state index contributed by atoms with van der Waals surface area (Å²) in [5.74, 6) is -1.11. The summed E-state index contributed by atoms with van der Waals surface area (Å²) in [5, 5.41) is 5.41. The van der Waals surface area contributed by atoms with Gasteiger partial charge in [-0.25, -0.2) is 0 Å². The molecule has 1 aromatic carbocycles. The Morgan fingerprint density at radius 3 is 2.77 bits per heavy atom. The molecular weight excluding hydrogens is 278 g/mol. The molecular formula is C17H25N3O2. The van der Waals surface area contributed by atoms with E-state index in [1.807, 2.05) is 31.2 Å². The zero-order valence-corrected chi connectivity index (χ0v) is 13.4. The average Bonchev–Trinajstić information content (AvgIpc) is 2.97. The van der Waals surface area contributed by atoms with Crippen LogP contribution in [0.1, 0.15) is 30.9 Å². The smallest absolute Gasteiger partial charge is 0.309 e. The van der Waals surface area contributed by atoms with Crippen LogP contribution in [0, 0.1) is 6.92 Å². The van der Waals surface area contributed by atoms with Crippen molar-refractivity contribution < 1.29 is 9.59 Å². The lowest BCUT2D eigenvalue weighted by atomic mass is 10.1. The molecule has 2 N–H and O–H groups in total. The van der Waals surface area contributed by atoms with Gasteiger partial charge in [0.1, 0.15) is 0 Å². The Morgan fingerprint density at radius 1 is 1.27 bits per heavy atom. The Balaban J connectivity index is 1.74. The number of likely N-dealkylation sites (N-methyl/N-ethyl adjacent to an activating group) is 1. The largest absolute Gasteiger partial charge is 0.346 e. The molecule has 1 heterocycles. The quantitative estimate of drug-likeness (QED) is 0.804. The van der Waals surface area contributed by atoms with Crippen LogP contribution in [0.3, 0.4) is 0 Å². The highest BCUT2D eigenvalue weighted by atomic mass is 16.2. The van der Waals surface area contributed by atoms with E-state index in [0.717, 1.165) is 37.1 Å². The van der Waals surface area contributed by atoms with Crippen molar-refractivity contribution in [2.75, 3.05) is 19.6 Å². The predicted molar refractivity (Wildman–Crippen MR) is 86.3 cm³/mol. The van der Waals surface area contributed by atoms with Gasteiger partial charge in [-0.2, -0.15) is 0 Å². The molecule has 0 aromatic heterocycles. The Bertz CT molecular complexity index is 530. The van der Waals surface area contributed by atoms with Gasteiger partial charge in [-0.1, -0.05) is 36.8 Å². The van der Waals surface area contributed by atoms with Crippen LogP contribution >= 0.6 is 0 Å². The number of hydrogen-bond donors (Lipinski definition) is 2. The van der Waals surface area contributed by atoms with E-state index in [4.69, 9.17) is 0 Å². The molecule has 0 unspecified atom stereocenters. The topological polar surface area (TPSA) is 61.4 Å². The average molecular weight is 303 g/mol. The van der Waals surface area contributed by atoms with Crippen LogP contribution in [0.25, 0.3) is 0 Å². The molecule has 1 fully saturated rings. The van der Waals surface area contributed by atoms with E-state index in [1.54, 1.807) is 0 Å². The van der Waals surface area contributed by atoms with Crippen LogP contribution in [0.4, 0.5) is 0 Å². The summed E-state index contributed by atoms with van der Waals surface area (Å²) < 4.78 is 0. The summed E-state index contributed by atoms with van der Waals surface area (Å²) in [6.45, 7) is 7.10. The van der Waals surface area contributed by atoms with E-state index in [1.165, 1.54) is 0 Å². The molecule has 1 saturated heterocycles. The summed E-state index contributed by atoms with van der Waals surface area (Å²) >= 11 is 0. The van der Waals surface area contributed by atoms with Gasteiger partial charge in [-0.05, 0) is 38.4 Å². The van der Waals surface area contributed by atoms with Gasteiger partial charge in [0.2, 0.25) is 0 Å². The third kappa shape index (κ3) is 4.56. The number of nitrogens with one attached hydrogen (secondary N) is 2. The lowest BCUT2D eigenvalue weighted by Gasteiger charge is -2.22. The summed E-state index contributed by atoms with van der Waals surface area (Å²) in [5.41, 5.74) is 2.13. The van der Waals surface area contributed by atoms with Gasteiger partial charge in [0.15, 0.2) is 0 Å². The molecule has 1 aromatic rings. The van der Waals surface area contributed by atoms with Crippen molar-refractivity contribution in [2.45, 2.75) is 39.3 Å². The standard InChI is InChI=1S/C17H25N3O2/c1-3-20-9-5-8-15(20)12-19-17(22)16(21)18-11-14-7-4-6-13(2)10-14/h4,6-7,10,15H,3,5,8-9,11-12H2,1-2H3,(H,18,21)(H,19,22)/t15-/m1/s1. The molecule has 1 atom stereocenters. The van der Waals surface area contributed by atoms with Crippen molar-refractivity contribution in [3.8, 4) is 0 Å². The van der Waals surface area contributed by atoms with Crippen LogP contribution in [0.15, 0.2) is 24.3 Å². The highest BCUT2D eigenvalue weighted by Gasteiger charge is 2.24. The first-order valence-electron chi connectivity index (χ1n) is 7.95. The summed E-state index contributed by atoms with van der Waals surface area (Å²) in [6.07, 6.45) is 2.24. The van der Waals surface area contributed by atoms with Gasteiger partial charge in [0.25, 0.3) is 0 Å². The van der Waals surface area contributed by atoms with E-state index < -0.39 is 11.8 Å². The Kier molecular flexibility index (Phi) is 5.95. The molecule has 1 aliphatic heterocycles. The maximum Gasteiger partial charge on any atom is 0.309 e. The molecule has 0 radical (unpaired) electrons. The molecule has 1 aliphatic rings. The SMILES string of the molecule is CCN1CCC[C@@H]1CNC(=O)C(=O)NCc1cccc(C)c1. The first-order chi connectivity index (χ1) is 10.6. The fourth-order valence-electron chi connectivity index (χ4n) is 2.92. The van der Waals surface area contributed by atoms with E-state index in [9.17, 15) is 9.59 Å². The van der Waals surface area contributed by atoms with Crippen LogP contribution in [0.2, 0.25) is 0 Å². The number of carbonyl (C=O) groups excluding carboxylic acids is 2. The molecule has 120 valence electrons. The molecule has 5 heteroatoms. The molecule has 0 aliphatic carbocycles. The fraction of sp³-hybridized carbons (Fsp3) is 0.529. The number of rotatable bonds is 5. The number of likely N-dealkylation sites (tertiary alicyclic amines) is 1. The first-order valence-corrected chi connectivity index (χ1v) is 7.95. The fourth-order valence-corrected chi connectivity index (χ4v) is 2.92. The normalized spacial score (nSPS) is 18.2. The van der Waals surface area contributed by atoms with Crippen molar-refractivity contribution in [1.29, 1.82) is 0 Å². The number of nitrogens with zero attached hydrogens (tertiary/aromatic N) is 1. The number of carbonyl (C=O) groups is 2. The van der Waals surface area contributed by atoms with Gasteiger partial charge in [-0.15, -0.1) is 0 Å². The van der Waals surface area contributed by atoms with E-state index in [2.05, 4.69) is 22.5 Å². The second-order valence-corrected chi connectivity index (χ2v) is 5.81. The maximum atomic E-state index is 11.8. The molecule has 2 amide bonds. The summed E-state index contributed by atoms with van der Waals surface area (Å²) in [6, 6.07) is 8.23. The first kappa shape index (κ1) is 16.5. The zero-order chi connectivity index (χ0) is 15.9. The van der Waals surface area contributed by atoms with Gasteiger partial charge >= 0.3 is 11.8 Å². The lowest BCUT2D eigenvalue weighted by molar-refractivity contribution is -0.139. The maximum absolute atomic E-state index is 11.8. The van der Waals surface area contributed by atoms with Gasteiger partial charge in [0.05, 0.1) is 0 Å². The zero-order valence-electron chi connectivity index (χ0n) is 13.4. The van der Waals surface area contributed by atoms with Crippen LogP contribution < -0.4 is 10.6 Å². The second-order valence-electron chi connectivity index (χ2n) is 5.81. The predicted octanol–water partition coefficient (Wildman–Crippen LogP) is 1.21. The van der Waals surface area contributed by atoms with Crippen LogP contribution in [-0.4, -0.2) is 42.4 Å². The van der Waals surface area contributed by atoms with Crippen molar-refractivity contribution in [3.63, 3.8) is 0 Å². The van der Waals surface area contributed by atoms with Crippen LogP contribution in [0.5, 0.6) is 0 Å². The Morgan fingerprint density at radius 2 is 2.05 bits per heavy atom. The molecule has 0 spiro atoms. The molecule has 22 heavy (non-hydrogen) atoms.